The number of hydrogen-bond acceptors (Lipinski definition) is 4. The average molecular weight is 315 g/mol. The Morgan fingerprint density at radius 2 is 2.24 bits per heavy atom. The van der Waals surface area contributed by atoms with Crippen molar-refractivity contribution in [1.82, 2.24) is 4.90 Å². The van der Waals surface area contributed by atoms with E-state index in [2.05, 4.69) is 6.58 Å². The summed E-state index contributed by atoms with van der Waals surface area (Å²) >= 11 is 6.54. The second kappa shape index (κ2) is 5.87. The third-order valence-corrected chi connectivity index (χ3v) is 4.53. The summed E-state index contributed by atoms with van der Waals surface area (Å²) in [4.78, 5) is 14.4. The van der Waals surface area contributed by atoms with Crippen LogP contribution in [0.1, 0.15) is 5.56 Å². The number of carbonyl (C=O) groups is 1. The first kappa shape index (κ1) is 14.1. The van der Waals surface area contributed by atoms with E-state index in [9.17, 15) is 4.79 Å². The number of rotatable bonds is 3. The summed E-state index contributed by atoms with van der Waals surface area (Å²) in [6.07, 6.45) is 5.57. The van der Waals surface area contributed by atoms with Gasteiger partial charge in [0.15, 0.2) is 0 Å². The van der Waals surface area contributed by atoms with Crippen molar-refractivity contribution in [3.05, 3.63) is 59.0 Å². The van der Waals surface area contributed by atoms with Gasteiger partial charge in [-0.05, 0) is 23.8 Å². The molecule has 0 aliphatic carbocycles. The molecule has 1 amide bonds. The molecule has 0 N–H and O–H groups in total. The third kappa shape index (κ3) is 2.80. The summed E-state index contributed by atoms with van der Waals surface area (Å²) in [5, 5.41) is 0. The topological polar surface area (TPSA) is 29.5 Å². The molecule has 1 aromatic rings. The lowest BCUT2D eigenvalue weighted by Gasteiger charge is -2.16. The minimum atomic E-state index is -0.0651. The summed E-state index contributed by atoms with van der Waals surface area (Å²) in [7, 11) is 0. The molecule has 0 atom stereocenters. The first-order valence-corrected chi connectivity index (χ1v) is 7.70. The fraction of sp³-hybridized carbons (Fsp3) is 0.125. The van der Waals surface area contributed by atoms with E-state index in [0.29, 0.717) is 22.4 Å². The van der Waals surface area contributed by atoms with E-state index >= 15 is 0 Å². The monoisotopic (exact) mass is 315 g/mol. The highest BCUT2D eigenvalue weighted by atomic mass is 32.2. The van der Waals surface area contributed by atoms with E-state index in [0.717, 1.165) is 16.9 Å². The molecule has 0 spiro atoms. The molecule has 0 unspecified atom stereocenters. The van der Waals surface area contributed by atoms with Crippen molar-refractivity contribution in [2.24, 2.45) is 0 Å². The molecule has 0 bridgehead atoms. The van der Waals surface area contributed by atoms with Crippen LogP contribution in [-0.2, 0) is 4.79 Å². The van der Waals surface area contributed by atoms with E-state index in [1.165, 1.54) is 11.8 Å². The number of benzene rings is 1. The van der Waals surface area contributed by atoms with Crippen LogP contribution in [0.4, 0.5) is 0 Å². The maximum atomic E-state index is 12.3. The van der Waals surface area contributed by atoms with E-state index in [1.54, 1.807) is 11.0 Å². The Morgan fingerprint density at radius 3 is 3.05 bits per heavy atom. The van der Waals surface area contributed by atoms with Crippen molar-refractivity contribution >= 4 is 40.3 Å². The molecule has 0 saturated carbocycles. The van der Waals surface area contributed by atoms with Gasteiger partial charge >= 0.3 is 0 Å². The molecule has 1 saturated heterocycles. The van der Waals surface area contributed by atoms with Crippen LogP contribution in [0.25, 0.3) is 6.08 Å². The van der Waals surface area contributed by atoms with Crippen molar-refractivity contribution in [1.29, 1.82) is 0 Å². The van der Waals surface area contributed by atoms with Crippen LogP contribution in [0, 0.1) is 0 Å². The normalized spacial score (nSPS) is 19.3. The lowest BCUT2D eigenvalue weighted by Crippen LogP contribution is -2.27. The highest BCUT2D eigenvalue weighted by Gasteiger charge is 2.31. The number of para-hydroxylation sites is 1. The molecule has 21 heavy (non-hydrogen) atoms. The summed E-state index contributed by atoms with van der Waals surface area (Å²) in [5.41, 5.74) is 1.99. The number of fused-ring (bicyclic) bond motifs is 1. The van der Waals surface area contributed by atoms with Gasteiger partial charge in [0, 0.05) is 12.1 Å². The molecule has 5 heteroatoms. The molecule has 106 valence electrons. The fourth-order valence-corrected chi connectivity index (χ4v) is 3.46. The van der Waals surface area contributed by atoms with Crippen molar-refractivity contribution in [2.45, 2.75) is 0 Å². The van der Waals surface area contributed by atoms with E-state index in [1.807, 2.05) is 36.4 Å². The molecule has 3 nitrogen and oxygen atoms in total. The Labute approximate surface area is 133 Å². The maximum Gasteiger partial charge on any atom is 0.266 e. The standard InChI is InChI=1S/C16H13NO2S2/c1-2-7-17-15(18)14(21-16(17)20)9-11-8-12-5-3-4-6-13(12)19-10-11/h2-6,8-9H,1,7,10H2/b14-9-. The lowest BCUT2D eigenvalue weighted by atomic mass is 10.1. The number of nitrogens with zero attached hydrogens (tertiary/aromatic N) is 1. The second-order valence-electron chi connectivity index (χ2n) is 4.63. The fourth-order valence-electron chi connectivity index (χ4n) is 2.17. The van der Waals surface area contributed by atoms with Gasteiger partial charge in [0.05, 0.1) is 4.91 Å². The van der Waals surface area contributed by atoms with E-state index < -0.39 is 0 Å². The van der Waals surface area contributed by atoms with Gasteiger partial charge in [-0.2, -0.15) is 0 Å². The van der Waals surface area contributed by atoms with Gasteiger partial charge in [0.25, 0.3) is 5.91 Å². The molecule has 3 rings (SSSR count). The van der Waals surface area contributed by atoms with Crippen LogP contribution < -0.4 is 4.74 Å². The summed E-state index contributed by atoms with van der Waals surface area (Å²) in [5.74, 6) is 0.804. The second-order valence-corrected chi connectivity index (χ2v) is 6.30. The zero-order valence-corrected chi connectivity index (χ0v) is 12.9. The largest absolute Gasteiger partial charge is 0.488 e. The smallest absolute Gasteiger partial charge is 0.266 e. The molecule has 2 aliphatic rings. The maximum absolute atomic E-state index is 12.3. The van der Waals surface area contributed by atoms with Gasteiger partial charge in [-0.15, -0.1) is 6.58 Å². The number of carbonyl (C=O) groups excluding carboxylic acids is 1. The third-order valence-electron chi connectivity index (χ3n) is 3.16. The van der Waals surface area contributed by atoms with Crippen LogP contribution in [-0.4, -0.2) is 28.3 Å². The molecule has 2 heterocycles. The Morgan fingerprint density at radius 1 is 1.43 bits per heavy atom. The van der Waals surface area contributed by atoms with Crippen molar-refractivity contribution in [3.63, 3.8) is 0 Å². The number of hydrogen-bond donors (Lipinski definition) is 0. The van der Waals surface area contributed by atoms with E-state index in [4.69, 9.17) is 17.0 Å². The molecular weight excluding hydrogens is 302 g/mol. The zero-order chi connectivity index (χ0) is 14.8. The Bertz CT molecular complexity index is 691. The van der Waals surface area contributed by atoms with Gasteiger partial charge < -0.3 is 4.74 Å². The zero-order valence-electron chi connectivity index (χ0n) is 11.2. The SMILES string of the molecule is C=CCN1C(=O)/C(=C/C2=Cc3ccccc3OC2)SC1=S. The molecule has 0 aromatic heterocycles. The van der Waals surface area contributed by atoms with Gasteiger partial charge in [-0.1, -0.05) is 48.3 Å². The van der Waals surface area contributed by atoms with Crippen LogP contribution in [0.5, 0.6) is 5.75 Å². The van der Waals surface area contributed by atoms with Gasteiger partial charge in [0.2, 0.25) is 0 Å². The Hall–Kier alpha value is -1.85. The summed E-state index contributed by atoms with van der Waals surface area (Å²) in [6.45, 7) is 4.55. The van der Waals surface area contributed by atoms with Crippen molar-refractivity contribution in [3.8, 4) is 5.75 Å². The van der Waals surface area contributed by atoms with Crippen LogP contribution in [0.2, 0.25) is 0 Å². The lowest BCUT2D eigenvalue weighted by molar-refractivity contribution is -0.121. The molecule has 2 aliphatic heterocycles. The number of ether oxygens (including phenoxy) is 1. The van der Waals surface area contributed by atoms with Crippen LogP contribution >= 0.6 is 24.0 Å². The minimum absolute atomic E-state index is 0.0651. The van der Waals surface area contributed by atoms with Crippen LogP contribution in [0.15, 0.2) is 53.5 Å². The number of amides is 1. The highest BCUT2D eigenvalue weighted by molar-refractivity contribution is 8.26. The Kier molecular flexibility index (Phi) is 3.94. The minimum Gasteiger partial charge on any atom is -0.488 e. The number of thioether (sulfide) groups is 1. The number of thiocarbonyl (C=S) groups is 1. The van der Waals surface area contributed by atoms with Gasteiger partial charge in [-0.3, -0.25) is 9.69 Å². The molecular formula is C16H13NO2S2. The first-order chi connectivity index (χ1) is 10.2. The van der Waals surface area contributed by atoms with Crippen LogP contribution in [0.3, 0.4) is 0 Å². The predicted molar refractivity (Wildman–Crippen MR) is 90.1 cm³/mol. The van der Waals surface area contributed by atoms with Gasteiger partial charge in [-0.25, -0.2) is 0 Å². The highest BCUT2D eigenvalue weighted by Crippen LogP contribution is 2.33. The first-order valence-electron chi connectivity index (χ1n) is 6.47. The van der Waals surface area contributed by atoms with E-state index in [-0.39, 0.29) is 5.91 Å². The molecule has 1 aromatic carbocycles. The average Bonchev–Trinajstić information content (AvgIpc) is 2.75. The predicted octanol–water partition coefficient (Wildman–Crippen LogP) is 3.39. The van der Waals surface area contributed by atoms with Gasteiger partial charge in [0.1, 0.15) is 16.7 Å². The Balaban J connectivity index is 1.87. The molecule has 0 radical (unpaired) electrons. The summed E-state index contributed by atoms with van der Waals surface area (Å²) in [6, 6.07) is 7.83. The van der Waals surface area contributed by atoms with Crippen molar-refractivity contribution < 1.29 is 9.53 Å². The molecule has 1 fully saturated rings. The quantitative estimate of drug-likeness (QED) is 0.486. The summed E-state index contributed by atoms with van der Waals surface area (Å²) < 4.78 is 6.26. The van der Waals surface area contributed by atoms with Crippen molar-refractivity contribution in [2.75, 3.05) is 13.2 Å².